The maximum atomic E-state index is 11.9. The van der Waals surface area contributed by atoms with Crippen LogP contribution in [0.3, 0.4) is 0 Å². The molecule has 2 aromatic carbocycles. The lowest BCUT2D eigenvalue weighted by molar-refractivity contribution is 0.0747. The van der Waals surface area contributed by atoms with Crippen molar-refractivity contribution < 1.29 is 15.0 Å². The van der Waals surface area contributed by atoms with E-state index in [-0.39, 0.29) is 5.78 Å². The molecule has 0 bridgehead atoms. The molecule has 2 N–H and O–H groups in total. The van der Waals surface area contributed by atoms with Crippen molar-refractivity contribution in [3.8, 4) is 0 Å². The maximum Gasteiger partial charge on any atom is 0.195 e. The van der Waals surface area contributed by atoms with Gasteiger partial charge in [0.2, 0.25) is 0 Å². The number of Topliss-reactive ketones (excluding diaryl/α,β-unsaturated/α-hetero) is 1. The van der Waals surface area contributed by atoms with Crippen LogP contribution in [0.4, 0.5) is 0 Å². The molecule has 1 atom stereocenters. The second-order valence-corrected chi connectivity index (χ2v) is 4.62. The Morgan fingerprint density at radius 2 is 1.52 bits per heavy atom. The van der Waals surface area contributed by atoms with Crippen molar-refractivity contribution in [2.75, 3.05) is 6.61 Å². The van der Waals surface area contributed by atoms with Gasteiger partial charge in [-0.15, -0.1) is 0 Å². The van der Waals surface area contributed by atoms with Crippen LogP contribution in [0.25, 0.3) is 0 Å². The first-order chi connectivity index (χ1) is 10.2. The van der Waals surface area contributed by atoms with Crippen LogP contribution in [0.5, 0.6) is 0 Å². The van der Waals surface area contributed by atoms with E-state index in [9.17, 15) is 9.90 Å². The van der Waals surface area contributed by atoms with Crippen LogP contribution >= 0.6 is 0 Å². The standard InChI is InChI=1S/C14H12O2.C4H10O/c15-13(11-7-3-1-4-8-11)14(16)12-9-5-2-6-10-12;1-2-3-4-5/h1-10,13,15H;5H,2-4H2,1H3. The van der Waals surface area contributed by atoms with E-state index in [4.69, 9.17) is 5.11 Å². The number of unbranched alkanes of at least 4 members (excludes halogenated alkanes) is 1. The van der Waals surface area contributed by atoms with E-state index < -0.39 is 6.10 Å². The quantitative estimate of drug-likeness (QED) is 0.828. The predicted molar refractivity (Wildman–Crippen MR) is 84.2 cm³/mol. The van der Waals surface area contributed by atoms with Crippen LogP contribution < -0.4 is 0 Å². The third-order valence-electron chi connectivity index (χ3n) is 2.93. The monoisotopic (exact) mass is 286 g/mol. The first-order valence-corrected chi connectivity index (χ1v) is 7.13. The smallest absolute Gasteiger partial charge is 0.195 e. The molecule has 0 aliphatic heterocycles. The molecule has 0 heterocycles. The van der Waals surface area contributed by atoms with E-state index in [0.29, 0.717) is 17.7 Å². The lowest BCUT2D eigenvalue weighted by Crippen LogP contribution is -2.11. The minimum atomic E-state index is -1.08. The van der Waals surface area contributed by atoms with Crippen molar-refractivity contribution in [3.63, 3.8) is 0 Å². The summed E-state index contributed by atoms with van der Waals surface area (Å²) >= 11 is 0. The highest BCUT2D eigenvalue weighted by Gasteiger charge is 2.18. The van der Waals surface area contributed by atoms with Crippen LogP contribution in [0.15, 0.2) is 60.7 Å². The number of carbonyl (C=O) groups excluding carboxylic acids is 1. The van der Waals surface area contributed by atoms with Gasteiger partial charge in [0.15, 0.2) is 5.78 Å². The van der Waals surface area contributed by atoms with E-state index in [1.54, 1.807) is 48.5 Å². The second-order valence-electron chi connectivity index (χ2n) is 4.62. The summed E-state index contributed by atoms with van der Waals surface area (Å²) in [5.74, 6) is -0.271. The predicted octanol–water partition coefficient (Wildman–Crippen LogP) is 3.38. The maximum absolute atomic E-state index is 11.9. The third-order valence-corrected chi connectivity index (χ3v) is 2.93. The molecule has 0 amide bonds. The molecule has 0 saturated carbocycles. The largest absolute Gasteiger partial charge is 0.396 e. The van der Waals surface area contributed by atoms with Crippen molar-refractivity contribution in [2.24, 2.45) is 0 Å². The molecular weight excluding hydrogens is 264 g/mol. The van der Waals surface area contributed by atoms with Crippen LogP contribution in [-0.4, -0.2) is 22.6 Å². The first kappa shape index (κ1) is 17.1. The van der Waals surface area contributed by atoms with Gasteiger partial charge in [-0.05, 0) is 12.0 Å². The fourth-order valence-corrected chi connectivity index (χ4v) is 1.71. The van der Waals surface area contributed by atoms with E-state index in [0.717, 1.165) is 12.8 Å². The van der Waals surface area contributed by atoms with Gasteiger partial charge in [0.05, 0.1) is 0 Å². The Labute approximate surface area is 125 Å². The molecule has 0 radical (unpaired) electrons. The van der Waals surface area contributed by atoms with Crippen molar-refractivity contribution >= 4 is 5.78 Å². The van der Waals surface area contributed by atoms with Gasteiger partial charge in [-0.1, -0.05) is 74.0 Å². The highest BCUT2D eigenvalue weighted by molar-refractivity contribution is 5.99. The Hall–Kier alpha value is -1.97. The molecule has 0 aliphatic rings. The number of aliphatic hydroxyl groups excluding tert-OH is 2. The summed E-state index contributed by atoms with van der Waals surface area (Å²) in [6, 6.07) is 17.7. The average Bonchev–Trinajstić information content (AvgIpc) is 2.56. The number of aliphatic hydroxyl groups is 2. The summed E-state index contributed by atoms with van der Waals surface area (Å²) in [6.07, 6.45) is 0.958. The zero-order chi connectivity index (χ0) is 15.5. The molecule has 112 valence electrons. The van der Waals surface area contributed by atoms with E-state index >= 15 is 0 Å². The molecule has 21 heavy (non-hydrogen) atoms. The van der Waals surface area contributed by atoms with E-state index in [2.05, 4.69) is 6.92 Å². The zero-order valence-electron chi connectivity index (χ0n) is 12.3. The lowest BCUT2D eigenvalue weighted by Gasteiger charge is -2.09. The van der Waals surface area contributed by atoms with Gasteiger partial charge in [0, 0.05) is 12.2 Å². The second kappa shape index (κ2) is 9.86. The van der Waals surface area contributed by atoms with Gasteiger partial charge in [0.1, 0.15) is 6.10 Å². The highest BCUT2D eigenvalue weighted by Crippen LogP contribution is 2.17. The van der Waals surface area contributed by atoms with Crippen molar-refractivity contribution in [1.82, 2.24) is 0 Å². The van der Waals surface area contributed by atoms with Crippen LogP contribution in [-0.2, 0) is 0 Å². The fourth-order valence-electron chi connectivity index (χ4n) is 1.71. The summed E-state index contributed by atoms with van der Waals surface area (Å²) in [7, 11) is 0. The number of hydrogen-bond acceptors (Lipinski definition) is 3. The molecule has 0 aromatic heterocycles. The average molecular weight is 286 g/mol. The molecule has 0 fully saturated rings. The van der Waals surface area contributed by atoms with Crippen LogP contribution in [0.1, 0.15) is 41.8 Å². The third kappa shape index (κ3) is 5.90. The van der Waals surface area contributed by atoms with Gasteiger partial charge < -0.3 is 10.2 Å². The van der Waals surface area contributed by atoms with Crippen molar-refractivity contribution in [2.45, 2.75) is 25.9 Å². The number of hydrogen-bond donors (Lipinski definition) is 2. The Balaban J connectivity index is 0.000000383. The molecular formula is C18H22O3. The zero-order valence-corrected chi connectivity index (χ0v) is 12.3. The van der Waals surface area contributed by atoms with Gasteiger partial charge in [-0.2, -0.15) is 0 Å². The number of benzene rings is 2. The molecule has 3 nitrogen and oxygen atoms in total. The van der Waals surface area contributed by atoms with E-state index in [1.807, 2.05) is 12.1 Å². The highest BCUT2D eigenvalue weighted by atomic mass is 16.3. The normalized spacial score (nSPS) is 11.2. The van der Waals surface area contributed by atoms with Gasteiger partial charge >= 0.3 is 0 Å². The molecule has 3 heteroatoms. The van der Waals surface area contributed by atoms with Gasteiger partial charge in [-0.25, -0.2) is 0 Å². The lowest BCUT2D eigenvalue weighted by atomic mass is 10.0. The van der Waals surface area contributed by atoms with Crippen molar-refractivity contribution in [3.05, 3.63) is 71.8 Å². The summed E-state index contributed by atoms with van der Waals surface area (Å²) in [5.41, 5.74) is 1.15. The Morgan fingerprint density at radius 3 is 1.95 bits per heavy atom. The number of carbonyl (C=O) groups is 1. The molecule has 0 spiro atoms. The summed E-state index contributed by atoms with van der Waals surface area (Å²) in [4.78, 5) is 11.9. The summed E-state index contributed by atoms with van der Waals surface area (Å²) in [5, 5.41) is 18.0. The number of ketones is 1. The first-order valence-electron chi connectivity index (χ1n) is 7.13. The molecule has 2 aromatic rings. The van der Waals surface area contributed by atoms with Gasteiger partial charge in [0.25, 0.3) is 0 Å². The van der Waals surface area contributed by atoms with Crippen LogP contribution in [0, 0.1) is 0 Å². The topological polar surface area (TPSA) is 57.5 Å². The SMILES string of the molecule is CCCCO.O=C(c1ccccc1)C(O)c1ccccc1. The summed E-state index contributed by atoms with van der Waals surface area (Å²) in [6.45, 7) is 2.40. The molecule has 0 saturated heterocycles. The van der Waals surface area contributed by atoms with E-state index in [1.165, 1.54) is 0 Å². The molecule has 1 unspecified atom stereocenters. The minimum Gasteiger partial charge on any atom is -0.396 e. The molecule has 0 aliphatic carbocycles. The minimum absolute atomic E-state index is 0.271. The van der Waals surface area contributed by atoms with Crippen LogP contribution in [0.2, 0.25) is 0 Å². The Morgan fingerprint density at radius 1 is 1.00 bits per heavy atom. The van der Waals surface area contributed by atoms with Crippen molar-refractivity contribution in [1.29, 1.82) is 0 Å². The Kier molecular flexibility index (Phi) is 8.02. The van der Waals surface area contributed by atoms with Gasteiger partial charge in [-0.3, -0.25) is 4.79 Å². The number of rotatable bonds is 5. The Bertz CT molecular complexity index is 507. The molecule has 2 rings (SSSR count). The fraction of sp³-hybridized carbons (Fsp3) is 0.278. The summed E-state index contributed by atoms with van der Waals surface area (Å²) < 4.78 is 0.